The van der Waals surface area contributed by atoms with Gasteiger partial charge in [-0.1, -0.05) is 73.4 Å². The van der Waals surface area contributed by atoms with Gasteiger partial charge >= 0.3 is 41.5 Å². The third-order valence-corrected chi connectivity index (χ3v) is 14.3. The summed E-state index contributed by atoms with van der Waals surface area (Å²) < 4.78 is 29.8. The van der Waals surface area contributed by atoms with Gasteiger partial charge in [0, 0.05) is 85.4 Å². The number of halogens is 2. The van der Waals surface area contributed by atoms with E-state index in [4.69, 9.17) is 46.9 Å². The Hall–Kier alpha value is -3.52. The summed E-state index contributed by atoms with van der Waals surface area (Å²) in [5.41, 5.74) is 5.70. The number of rotatable bonds is 14. The molecule has 6 aliphatic rings. The molecule has 4 aromatic carbocycles. The Morgan fingerprint density at radius 1 is 0.683 bits per heavy atom. The Balaban J connectivity index is 0.000000183. The second-order valence-corrected chi connectivity index (χ2v) is 19.0. The Bertz CT molecular complexity index is 2340. The van der Waals surface area contributed by atoms with E-state index < -0.39 is 11.4 Å². The number of nitrogens with zero attached hydrogens (tertiary/aromatic N) is 2. The number of carbonyl (C=O) groups excluding carboxylic acids is 1. The van der Waals surface area contributed by atoms with Crippen LogP contribution in [-0.4, -0.2) is 89.9 Å². The smallest absolute Gasteiger partial charge is 0.870 e. The molecule has 0 amide bonds. The quantitative estimate of drug-likeness (QED) is 0.125. The topological polar surface area (TPSA) is 137 Å². The van der Waals surface area contributed by atoms with Gasteiger partial charge in [-0.2, -0.15) is 0 Å². The van der Waals surface area contributed by atoms with Gasteiger partial charge < -0.3 is 34.3 Å². The van der Waals surface area contributed by atoms with Crippen molar-refractivity contribution in [3.05, 3.63) is 116 Å². The molecule has 4 heterocycles. The number of carbonyl (C=O) groups is 2. The molecule has 2 spiro atoms. The summed E-state index contributed by atoms with van der Waals surface area (Å²) in [5.74, 6) is 2.60. The van der Waals surface area contributed by atoms with Crippen molar-refractivity contribution in [1.82, 2.24) is 9.80 Å². The normalized spacial score (nSPS) is 19.5. The number of carboxylic acid groups (broad SMARTS) is 1. The maximum Gasteiger partial charge on any atom is 1.00 e. The SMILES string of the molecule is CCc1cccc(Cl)c1COc1ccc2c(c1)OC1(C2)CN(CC2(C(=O)O)CC2)C1.CCc1cccc(Cl)c1COc1ccc2c(c1)OC1(C2)CN(CC2(C(=O)OC)CC2)C1.[Na+].[OH-]. The van der Waals surface area contributed by atoms with E-state index in [9.17, 15) is 14.7 Å². The van der Waals surface area contributed by atoms with Crippen LogP contribution in [0.2, 0.25) is 10.0 Å². The molecule has 0 radical (unpaired) electrons. The van der Waals surface area contributed by atoms with Crippen molar-refractivity contribution in [3.63, 3.8) is 0 Å². The zero-order chi connectivity index (χ0) is 42.6. The van der Waals surface area contributed by atoms with Crippen molar-refractivity contribution >= 4 is 35.1 Å². The van der Waals surface area contributed by atoms with Crippen molar-refractivity contribution in [2.45, 2.75) is 89.6 Å². The third kappa shape index (κ3) is 9.73. The number of aryl methyl sites for hydroxylation is 2. The molecule has 4 fully saturated rings. The average Bonchev–Trinajstić information content (AvgIpc) is 4.12. The monoisotopic (exact) mass is 908 g/mol. The second kappa shape index (κ2) is 18.8. The van der Waals surface area contributed by atoms with Crippen molar-refractivity contribution in [3.8, 4) is 23.0 Å². The van der Waals surface area contributed by atoms with Crippen LogP contribution < -0.4 is 48.5 Å². The summed E-state index contributed by atoms with van der Waals surface area (Å²) in [6.45, 7) is 9.76. The Morgan fingerprint density at radius 2 is 1.11 bits per heavy atom. The summed E-state index contributed by atoms with van der Waals surface area (Å²) in [6.07, 6.45) is 7.03. The van der Waals surface area contributed by atoms with Crippen LogP contribution in [-0.2, 0) is 53.2 Å². The minimum absolute atomic E-state index is 0. The van der Waals surface area contributed by atoms with Gasteiger partial charge in [-0.25, -0.2) is 0 Å². The van der Waals surface area contributed by atoms with Gasteiger partial charge in [0.25, 0.3) is 0 Å². The molecular weight excluding hydrogens is 854 g/mol. The zero-order valence-corrected chi connectivity index (χ0v) is 40.2. The van der Waals surface area contributed by atoms with Crippen LogP contribution in [0.3, 0.4) is 0 Å². The molecule has 2 saturated heterocycles. The number of carboxylic acids is 1. The molecule has 2 aliphatic carbocycles. The summed E-state index contributed by atoms with van der Waals surface area (Å²) in [7, 11) is 1.48. The molecule has 63 heavy (non-hydrogen) atoms. The van der Waals surface area contributed by atoms with Crippen molar-refractivity contribution < 1.29 is 73.4 Å². The zero-order valence-electron chi connectivity index (χ0n) is 36.6. The third-order valence-electron chi connectivity index (χ3n) is 13.6. The van der Waals surface area contributed by atoms with Crippen LogP contribution in [0.1, 0.15) is 72.9 Å². The average molecular weight is 910 g/mol. The fraction of sp³-hybridized carbons (Fsp3) is 0.469. The maximum atomic E-state index is 12.0. The van der Waals surface area contributed by atoms with Crippen LogP contribution in [0.4, 0.5) is 0 Å². The first kappa shape index (κ1) is 47.4. The molecule has 10 rings (SSSR count). The molecule has 4 aromatic rings. The largest absolute Gasteiger partial charge is 1.00 e. The predicted octanol–water partition coefficient (Wildman–Crippen LogP) is 5.59. The van der Waals surface area contributed by atoms with E-state index >= 15 is 0 Å². The minimum atomic E-state index is -0.661. The van der Waals surface area contributed by atoms with Crippen LogP contribution in [0.25, 0.3) is 0 Å². The Labute approximate surface area is 401 Å². The number of likely N-dealkylation sites (tertiary alicyclic amines) is 2. The van der Waals surface area contributed by atoms with Crippen LogP contribution >= 0.6 is 23.2 Å². The number of fused-ring (bicyclic) bond motifs is 2. The first-order valence-electron chi connectivity index (χ1n) is 21.6. The van der Waals surface area contributed by atoms with E-state index in [1.165, 1.54) is 29.4 Å². The summed E-state index contributed by atoms with van der Waals surface area (Å²) in [6, 6.07) is 24.1. The van der Waals surface area contributed by atoms with Crippen molar-refractivity contribution in [2.75, 3.05) is 46.4 Å². The summed E-state index contributed by atoms with van der Waals surface area (Å²) >= 11 is 12.8. The molecular formula is C49H55Cl2N2NaO9. The van der Waals surface area contributed by atoms with Crippen LogP contribution in [0, 0.1) is 10.8 Å². The summed E-state index contributed by atoms with van der Waals surface area (Å²) in [5, 5.41) is 10.9. The van der Waals surface area contributed by atoms with Gasteiger partial charge in [0.2, 0.25) is 0 Å². The minimum Gasteiger partial charge on any atom is -0.870 e. The Morgan fingerprint density at radius 3 is 1.49 bits per heavy atom. The molecule has 11 nitrogen and oxygen atoms in total. The van der Waals surface area contributed by atoms with E-state index in [1.807, 2.05) is 48.5 Å². The summed E-state index contributed by atoms with van der Waals surface area (Å²) in [4.78, 5) is 28.0. The standard InChI is InChI=1S/C25H28ClNO4.C24H26ClNO4.Na.H2O/c1-3-17-5-4-6-21(26)20(17)13-30-19-8-7-18-12-25(31-22(18)11-19)15-27(16-25)14-24(9-10-24)23(28)29-2;1-2-16-4-3-5-20(25)19(16)12-29-18-7-6-17-11-24(30-21(17)10-18)14-26(15-24)13-23(8-9-23)22(27)28;;/h4-8,11H,3,9-10,12-16H2,1-2H3;3-7,10H,2,8-9,11-15H2,1H3,(H,27,28);;1H2/q;;+1;/p-1. The van der Waals surface area contributed by atoms with Gasteiger partial charge in [-0.15, -0.1) is 0 Å². The number of esters is 1. The number of aliphatic carboxylic acids is 1. The van der Waals surface area contributed by atoms with E-state index in [1.54, 1.807) is 0 Å². The first-order chi connectivity index (χ1) is 29.4. The van der Waals surface area contributed by atoms with Crippen molar-refractivity contribution in [1.29, 1.82) is 0 Å². The Kier molecular flexibility index (Phi) is 14.1. The molecule has 2 saturated carbocycles. The van der Waals surface area contributed by atoms with Gasteiger partial charge in [0.15, 0.2) is 0 Å². The molecule has 0 bridgehead atoms. The number of benzene rings is 4. The molecule has 0 unspecified atom stereocenters. The van der Waals surface area contributed by atoms with E-state index in [0.717, 1.165) is 128 Å². The molecule has 14 heteroatoms. The first-order valence-corrected chi connectivity index (χ1v) is 22.3. The maximum absolute atomic E-state index is 12.0. The molecule has 4 aliphatic heterocycles. The van der Waals surface area contributed by atoms with Crippen LogP contribution in [0.5, 0.6) is 23.0 Å². The van der Waals surface area contributed by atoms with Gasteiger partial charge in [0.1, 0.15) is 47.4 Å². The molecule has 330 valence electrons. The van der Waals surface area contributed by atoms with Gasteiger partial charge in [0.05, 0.1) is 17.9 Å². The fourth-order valence-electron chi connectivity index (χ4n) is 9.82. The predicted molar refractivity (Wildman–Crippen MR) is 235 cm³/mol. The van der Waals surface area contributed by atoms with E-state index in [-0.39, 0.29) is 57.6 Å². The number of methoxy groups -OCH3 is 1. The number of hydrogen-bond acceptors (Lipinski definition) is 10. The molecule has 0 atom stereocenters. The number of hydrogen-bond donors (Lipinski definition) is 1. The van der Waals surface area contributed by atoms with Crippen LogP contribution in [0.15, 0.2) is 72.8 Å². The fourth-order valence-corrected chi connectivity index (χ4v) is 10.3. The molecule has 2 N–H and O–H groups in total. The van der Waals surface area contributed by atoms with Crippen molar-refractivity contribution in [2.24, 2.45) is 10.8 Å². The van der Waals surface area contributed by atoms with E-state index in [0.29, 0.717) is 19.8 Å². The van der Waals surface area contributed by atoms with Gasteiger partial charge in [-0.05, 0) is 85.0 Å². The number of ether oxygens (including phenoxy) is 5. The van der Waals surface area contributed by atoms with Gasteiger partial charge in [-0.3, -0.25) is 19.4 Å². The second-order valence-electron chi connectivity index (χ2n) is 18.1. The molecule has 0 aromatic heterocycles. The van der Waals surface area contributed by atoms with E-state index in [2.05, 4.69) is 47.9 Å².